The highest BCUT2D eigenvalue weighted by atomic mass is 15.2. The van der Waals surface area contributed by atoms with Crippen molar-refractivity contribution in [2.75, 3.05) is 11.1 Å². The lowest BCUT2D eigenvalue weighted by molar-refractivity contribution is 0.0106. The first-order valence-electron chi connectivity index (χ1n) is 11.7. The summed E-state index contributed by atoms with van der Waals surface area (Å²) in [6.07, 6.45) is 9.67. The lowest BCUT2D eigenvalue weighted by atomic mass is 9.53. The zero-order valence-corrected chi connectivity index (χ0v) is 18.0. The smallest absolute Gasteiger partial charge is 0.224 e. The van der Waals surface area contributed by atoms with Crippen molar-refractivity contribution in [1.29, 1.82) is 0 Å². The van der Waals surface area contributed by atoms with Gasteiger partial charge in [-0.1, -0.05) is 36.4 Å². The van der Waals surface area contributed by atoms with Gasteiger partial charge in [-0.2, -0.15) is 9.97 Å². The number of rotatable bonds is 3. The van der Waals surface area contributed by atoms with Crippen molar-refractivity contribution in [3.05, 3.63) is 48.7 Å². The van der Waals surface area contributed by atoms with E-state index in [0.29, 0.717) is 11.2 Å². The monoisotopic (exact) mass is 422 g/mol. The minimum atomic E-state index is 0.114. The molecule has 32 heavy (non-hydrogen) atoms. The van der Waals surface area contributed by atoms with Gasteiger partial charge in [0, 0.05) is 11.1 Å². The highest BCUT2D eigenvalue weighted by molar-refractivity contribution is 5.89. The lowest BCUT2D eigenvalue weighted by Crippen LogP contribution is -2.55. The number of nitrogens with one attached hydrogen (secondary N) is 1. The molecule has 0 spiro atoms. The van der Waals surface area contributed by atoms with Crippen molar-refractivity contribution in [2.45, 2.75) is 44.1 Å². The molecule has 2 aromatic carbocycles. The second-order valence-electron chi connectivity index (χ2n) is 10.2. The number of benzene rings is 2. The quantitative estimate of drug-likeness (QED) is 0.471. The van der Waals surface area contributed by atoms with Crippen molar-refractivity contribution in [3.63, 3.8) is 0 Å². The Labute approximate surface area is 186 Å². The normalized spacial score (nSPS) is 28.4. The number of fused-ring (bicyclic) bond motifs is 2. The molecule has 4 saturated carbocycles. The first kappa shape index (κ1) is 18.3. The van der Waals surface area contributed by atoms with E-state index in [0.717, 1.165) is 34.8 Å². The standard InChI is InChI=1S/C26H26N6/c27-25-30-23-22(24(31-25)32-26-11-15-7-16(12-26)9-17(8-15)13-26)29-21(14-28-23)20-6-5-18-3-1-2-4-19(18)10-20/h1-6,10,14-17H,7-9,11-13H2,(H3,27,28,30,31,32). The highest BCUT2D eigenvalue weighted by Crippen LogP contribution is 2.56. The van der Waals surface area contributed by atoms with Gasteiger partial charge in [0.25, 0.3) is 0 Å². The minimum absolute atomic E-state index is 0.114. The SMILES string of the molecule is Nc1nc(NC23CC4CC(CC(C4)C2)C3)c2nc(-c3ccc4ccccc4c3)cnc2n1. The Bertz CT molecular complexity index is 1330. The third kappa shape index (κ3) is 2.93. The molecule has 6 heteroatoms. The van der Waals surface area contributed by atoms with E-state index < -0.39 is 0 Å². The number of hydrogen-bond acceptors (Lipinski definition) is 6. The molecule has 4 aliphatic rings. The number of nitrogens with zero attached hydrogens (tertiary/aromatic N) is 4. The average molecular weight is 423 g/mol. The first-order chi connectivity index (χ1) is 15.6. The Morgan fingerprint density at radius 1 is 0.844 bits per heavy atom. The van der Waals surface area contributed by atoms with E-state index in [9.17, 15) is 0 Å². The fourth-order valence-electron chi connectivity index (χ4n) is 7.01. The predicted octanol–water partition coefficient (Wildman–Crippen LogP) is 5.20. The molecule has 0 atom stereocenters. The molecule has 2 heterocycles. The van der Waals surface area contributed by atoms with Gasteiger partial charge in [0.15, 0.2) is 17.0 Å². The zero-order chi connectivity index (χ0) is 21.3. The topological polar surface area (TPSA) is 89.6 Å². The van der Waals surface area contributed by atoms with E-state index in [-0.39, 0.29) is 11.5 Å². The number of nitrogens with two attached hydrogens (primary N) is 1. The number of hydrogen-bond donors (Lipinski definition) is 2. The molecule has 4 bridgehead atoms. The number of anilines is 2. The Balaban J connectivity index is 1.32. The van der Waals surface area contributed by atoms with Crippen LogP contribution in [0, 0.1) is 17.8 Å². The van der Waals surface area contributed by atoms with Crippen LogP contribution in [0.3, 0.4) is 0 Å². The third-order valence-corrected chi connectivity index (χ3v) is 7.89. The summed E-state index contributed by atoms with van der Waals surface area (Å²) < 4.78 is 0. The molecule has 4 aliphatic carbocycles. The molecule has 8 rings (SSSR count). The van der Waals surface area contributed by atoms with Gasteiger partial charge in [-0.05, 0) is 73.1 Å². The van der Waals surface area contributed by atoms with Crippen LogP contribution in [0.2, 0.25) is 0 Å². The fraction of sp³-hybridized carbons (Fsp3) is 0.385. The van der Waals surface area contributed by atoms with Crippen molar-refractivity contribution >= 4 is 33.7 Å². The van der Waals surface area contributed by atoms with Gasteiger partial charge < -0.3 is 11.1 Å². The van der Waals surface area contributed by atoms with Gasteiger partial charge in [0.1, 0.15) is 0 Å². The van der Waals surface area contributed by atoms with Crippen molar-refractivity contribution in [1.82, 2.24) is 19.9 Å². The molecule has 160 valence electrons. The second kappa shape index (κ2) is 6.61. The number of aromatic nitrogens is 4. The van der Waals surface area contributed by atoms with Crippen molar-refractivity contribution < 1.29 is 0 Å². The van der Waals surface area contributed by atoms with Gasteiger partial charge in [0.2, 0.25) is 5.95 Å². The molecule has 0 saturated heterocycles. The Morgan fingerprint density at radius 3 is 2.31 bits per heavy atom. The van der Waals surface area contributed by atoms with Crippen LogP contribution < -0.4 is 11.1 Å². The van der Waals surface area contributed by atoms with Gasteiger partial charge >= 0.3 is 0 Å². The second-order valence-corrected chi connectivity index (χ2v) is 10.2. The van der Waals surface area contributed by atoms with Crippen LogP contribution in [-0.2, 0) is 0 Å². The van der Waals surface area contributed by atoms with Crippen molar-refractivity contribution in [2.24, 2.45) is 17.8 Å². The van der Waals surface area contributed by atoms with Crippen LogP contribution in [-0.4, -0.2) is 25.5 Å². The summed E-state index contributed by atoms with van der Waals surface area (Å²) in [5, 5.41) is 6.25. The van der Waals surface area contributed by atoms with Crippen LogP contribution in [0.25, 0.3) is 33.2 Å². The van der Waals surface area contributed by atoms with E-state index in [4.69, 9.17) is 10.7 Å². The molecule has 6 nitrogen and oxygen atoms in total. The minimum Gasteiger partial charge on any atom is -0.368 e. The summed E-state index contributed by atoms with van der Waals surface area (Å²) in [5.41, 5.74) is 9.31. The average Bonchev–Trinajstić information content (AvgIpc) is 2.77. The van der Waals surface area contributed by atoms with Gasteiger partial charge in [0.05, 0.1) is 11.9 Å². The van der Waals surface area contributed by atoms with Crippen LogP contribution >= 0.6 is 0 Å². The van der Waals surface area contributed by atoms with Gasteiger partial charge in [-0.3, -0.25) is 0 Å². The van der Waals surface area contributed by atoms with Gasteiger partial charge in [-0.15, -0.1) is 0 Å². The zero-order valence-electron chi connectivity index (χ0n) is 18.0. The molecule has 4 fully saturated rings. The molecule has 0 radical (unpaired) electrons. The van der Waals surface area contributed by atoms with E-state index in [2.05, 4.69) is 62.7 Å². The van der Waals surface area contributed by atoms with Crippen LogP contribution in [0.15, 0.2) is 48.7 Å². The first-order valence-corrected chi connectivity index (χ1v) is 11.7. The summed E-state index contributed by atoms with van der Waals surface area (Å²) in [4.78, 5) is 18.6. The number of nitrogen functional groups attached to an aromatic ring is 1. The van der Waals surface area contributed by atoms with Crippen LogP contribution in [0.1, 0.15) is 38.5 Å². The van der Waals surface area contributed by atoms with E-state index in [1.807, 2.05) is 0 Å². The lowest BCUT2D eigenvalue weighted by Gasteiger charge is -2.57. The molecule has 2 aromatic heterocycles. The predicted molar refractivity (Wildman–Crippen MR) is 127 cm³/mol. The van der Waals surface area contributed by atoms with Gasteiger partial charge in [-0.25, -0.2) is 9.97 Å². The molecule has 0 unspecified atom stereocenters. The third-order valence-electron chi connectivity index (χ3n) is 7.89. The largest absolute Gasteiger partial charge is 0.368 e. The molecular formula is C26H26N6. The van der Waals surface area contributed by atoms with Crippen LogP contribution in [0.5, 0.6) is 0 Å². The molecule has 3 N–H and O–H groups in total. The van der Waals surface area contributed by atoms with Crippen molar-refractivity contribution in [3.8, 4) is 11.3 Å². The van der Waals surface area contributed by atoms with E-state index in [1.165, 1.54) is 49.3 Å². The molecule has 0 amide bonds. The Hall–Kier alpha value is -3.28. The summed E-state index contributed by atoms with van der Waals surface area (Å²) in [5.74, 6) is 3.53. The maximum absolute atomic E-state index is 6.07. The summed E-state index contributed by atoms with van der Waals surface area (Å²) in [7, 11) is 0. The summed E-state index contributed by atoms with van der Waals surface area (Å²) >= 11 is 0. The molecule has 0 aliphatic heterocycles. The highest BCUT2D eigenvalue weighted by Gasteiger charge is 2.51. The van der Waals surface area contributed by atoms with E-state index in [1.54, 1.807) is 6.20 Å². The Kier molecular flexibility index (Phi) is 3.78. The summed E-state index contributed by atoms with van der Waals surface area (Å²) in [6.45, 7) is 0. The summed E-state index contributed by atoms with van der Waals surface area (Å²) in [6, 6.07) is 14.7. The van der Waals surface area contributed by atoms with E-state index >= 15 is 0 Å². The maximum Gasteiger partial charge on any atom is 0.224 e. The maximum atomic E-state index is 6.07. The fourth-order valence-corrected chi connectivity index (χ4v) is 7.01. The Morgan fingerprint density at radius 2 is 1.56 bits per heavy atom. The molecule has 4 aromatic rings. The molecular weight excluding hydrogens is 396 g/mol. The van der Waals surface area contributed by atoms with Crippen LogP contribution in [0.4, 0.5) is 11.8 Å².